The summed E-state index contributed by atoms with van der Waals surface area (Å²) >= 11 is 0. The van der Waals surface area contributed by atoms with E-state index >= 15 is 0 Å². The van der Waals surface area contributed by atoms with E-state index in [4.69, 9.17) is 4.74 Å². The molecule has 0 bridgehead atoms. The topological polar surface area (TPSA) is 87.2 Å². The summed E-state index contributed by atoms with van der Waals surface area (Å²) < 4.78 is 61.2. The van der Waals surface area contributed by atoms with E-state index in [0.29, 0.717) is 13.1 Å². The molecule has 1 aromatic carbocycles. The van der Waals surface area contributed by atoms with E-state index in [2.05, 4.69) is 0 Å². The highest BCUT2D eigenvalue weighted by atomic mass is 32.2. The van der Waals surface area contributed by atoms with Gasteiger partial charge < -0.3 is 4.74 Å². The van der Waals surface area contributed by atoms with Crippen LogP contribution in [-0.2, 0) is 25.0 Å². The van der Waals surface area contributed by atoms with E-state index in [9.17, 15) is 16.8 Å². The molecule has 2 saturated heterocycles. The van der Waals surface area contributed by atoms with E-state index in [0.717, 1.165) is 5.56 Å². The summed E-state index contributed by atoms with van der Waals surface area (Å²) in [7, 11) is -7.24. The minimum Gasteiger partial charge on any atom is -0.373 e. The number of hydrogen-bond donors (Lipinski definition) is 0. The standard InChI is InChI=1S/C17H27N3O5S2/c1-14-4-6-17(7-5-14)26(21,22)18-8-10-19(11-9-18)27(23,24)20-12-15(2)25-16(3)13-20/h4-7,15-16H,8-13H2,1-3H3. The van der Waals surface area contributed by atoms with Crippen LogP contribution in [0.25, 0.3) is 0 Å². The summed E-state index contributed by atoms with van der Waals surface area (Å²) in [5, 5.41) is 0. The largest absolute Gasteiger partial charge is 0.373 e. The van der Waals surface area contributed by atoms with Gasteiger partial charge in [0.25, 0.3) is 10.2 Å². The number of sulfonamides is 1. The predicted octanol–water partition coefficient (Wildman–Crippen LogP) is 0.655. The van der Waals surface area contributed by atoms with Gasteiger partial charge in [0, 0.05) is 39.3 Å². The highest BCUT2D eigenvalue weighted by Crippen LogP contribution is 2.22. The SMILES string of the molecule is Cc1ccc(S(=O)(=O)N2CCN(S(=O)(=O)N3CC(C)OC(C)C3)CC2)cc1. The number of aryl methyl sites for hydroxylation is 1. The van der Waals surface area contributed by atoms with Crippen LogP contribution in [0.5, 0.6) is 0 Å². The molecule has 0 N–H and O–H groups in total. The van der Waals surface area contributed by atoms with E-state index in [-0.39, 0.29) is 43.3 Å². The summed E-state index contributed by atoms with van der Waals surface area (Å²) in [6.07, 6.45) is -0.321. The number of ether oxygens (including phenoxy) is 1. The molecule has 8 nitrogen and oxygen atoms in total. The van der Waals surface area contributed by atoms with Crippen LogP contribution in [0.15, 0.2) is 29.2 Å². The fourth-order valence-corrected chi connectivity index (χ4v) is 6.65. The summed E-state index contributed by atoms with van der Waals surface area (Å²) in [5.74, 6) is 0. The minimum atomic E-state index is -3.62. The normalized spacial score (nSPS) is 26.9. The molecule has 0 radical (unpaired) electrons. The lowest BCUT2D eigenvalue weighted by Crippen LogP contribution is -2.57. The van der Waals surface area contributed by atoms with Crippen molar-refractivity contribution in [2.45, 2.75) is 37.9 Å². The van der Waals surface area contributed by atoms with Crippen molar-refractivity contribution in [1.82, 2.24) is 12.9 Å². The Balaban J connectivity index is 1.68. The van der Waals surface area contributed by atoms with Gasteiger partial charge in [0.2, 0.25) is 10.0 Å². The molecule has 152 valence electrons. The number of morpholine rings is 1. The summed E-state index contributed by atoms with van der Waals surface area (Å²) in [4.78, 5) is 0.236. The first-order valence-electron chi connectivity index (χ1n) is 9.08. The van der Waals surface area contributed by atoms with E-state index in [1.54, 1.807) is 24.3 Å². The van der Waals surface area contributed by atoms with Gasteiger partial charge in [0.05, 0.1) is 17.1 Å². The highest BCUT2D eigenvalue weighted by molar-refractivity contribution is 7.89. The molecule has 2 aliphatic rings. The molecule has 27 heavy (non-hydrogen) atoms. The second-order valence-electron chi connectivity index (χ2n) is 7.20. The third-order valence-corrected chi connectivity index (χ3v) is 8.78. The molecule has 2 heterocycles. The molecule has 0 amide bonds. The van der Waals surface area contributed by atoms with Crippen molar-refractivity contribution in [1.29, 1.82) is 0 Å². The number of hydrogen-bond acceptors (Lipinski definition) is 5. The zero-order valence-corrected chi connectivity index (χ0v) is 17.5. The Morgan fingerprint density at radius 2 is 1.30 bits per heavy atom. The second kappa shape index (κ2) is 7.76. The molecule has 0 saturated carbocycles. The van der Waals surface area contributed by atoms with Gasteiger partial charge in [-0.2, -0.15) is 21.3 Å². The highest BCUT2D eigenvalue weighted by Gasteiger charge is 2.38. The fraction of sp³-hybridized carbons (Fsp3) is 0.647. The summed E-state index contributed by atoms with van der Waals surface area (Å²) in [5.41, 5.74) is 0.985. The molecule has 2 atom stereocenters. The maximum absolute atomic E-state index is 12.9. The molecule has 0 aromatic heterocycles. The maximum Gasteiger partial charge on any atom is 0.282 e. The average molecular weight is 418 g/mol. The van der Waals surface area contributed by atoms with Crippen molar-refractivity contribution >= 4 is 20.2 Å². The van der Waals surface area contributed by atoms with Gasteiger partial charge >= 0.3 is 0 Å². The molecular weight excluding hydrogens is 390 g/mol. The predicted molar refractivity (Wildman–Crippen MR) is 102 cm³/mol. The first-order chi connectivity index (χ1) is 12.6. The Morgan fingerprint density at radius 1 is 0.815 bits per heavy atom. The zero-order valence-electron chi connectivity index (χ0n) is 15.9. The van der Waals surface area contributed by atoms with Gasteiger partial charge in [0.1, 0.15) is 0 Å². The van der Waals surface area contributed by atoms with E-state index in [1.165, 1.54) is 12.9 Å². The van der Waals surface area contributed by atoms with Crippen molar-refractivity contribution in [3.8, 4) is 0 Å². The molecule has 2 unspecified atom stereocenters. The van der Waals surface area contributed by atoms with E-state index < -0.39 is 20.2 Å². The van der Waals surface area contributed by atoms with Gasteiger partial charge in [-0.1, -0.05) is 17.7 Å². The van der Waals surface area contributed by atoms with E-state index in [1.807, 2.05) is 20.8 Å². The molecule has 0 spiro atoms. The van der Waals surface area contributed by atoms with Gasteiger partial charge in [-0.3, -0.25) is 0 Å². The van der Waals surface area contributed by atoms with Gasteiger partial charge in [-0.05, 0) is 32.9 Å². The van der Waals surface area contributed by atoms with Crippen molar-refractivity contribution in [3.63, 3.8) is 0 Å². The van der Waals surface area contributed by atoms with Crippen molar-refractivity contribution in [3.05, 3.63) is 29.8 Å². The zero-order chi connectivity index (χ0) is 19.8. The van der Waals surface area contributed by atoms with Crippen molar-refractivity contribution < 1.29 is 21.6 Å². The number of piperazine rings is 1. The van der Waals surface area contributed by atoms with Gasteiger partial charge in [-0.15, -0.1) is 0 Å². The van der Waals surface area contributed by atoms with Crippen LogP contribution in [0.3, 0.4) is 0 Å². The smallest absolute Gasteiger partial charge is 0.282 e. The molecule has 2 fully saturated rings. The lowest BCUT2D eigenvalue weighted by molar-refractivity contribution is -0.0456. The summed E-state index contributed by atoms with van der Waals surface area (Å²) in [6, 6.07) is 6.69. The van der Waals surface area contributed by atoms with Crippen LogP contribution >= 0.6 is 0 Å². The quantitative estimate of drug-likeness (QED) is 0.718. The molecular formula is C17H27N3O5S2. The summed E-state index contributed by atoms with van der Waals surface area (Å²) in [6.45, 7) is 6.81. The third kappa shape index (κ3) is 4.36. The Labute approximate surface area is 161 Å². The first kappa shape index (κ1) is 20.7. The lowest BCUT2D eigenvalue weighted by atomic mass is 10.2. The molecule has 2 aliphatic heterocycles. The molecule has 1 aromatic rings. The van der Waals surface area contributed by atoms with Crippen molar-refractivity contribution in [2.24, 2.45) is 0 Å². The monoisotopic (exact) mass is 417 g/mol. The first-order valence-corrected chi connectivity index (χ1v) is 11.9. The third-order valence-electron chi connectivity index (χ3n) is 4.90. The number of nitrogens with zero attached hydrogens (tertiary/aromatic N) is 3. The van der Waals surface area contributed by atoms with Crippen LogP contribution in [0, 0.1) is 6.92 Å². The van der Waals surface area contributed by atoms with Gasteiger partial charge in [-0.25, -0.2) is 8.42 Å². The number of rotatable bonds is 4. The molecule has 0 aliphatic carbocycles. The lowest BCUT2D eigenvalue weighted by Gasteiger charge is -2.39. The van der Waals surface area contributed by atoms with Crippen LogP contribution in [0.1, 0.15) is 19.4 Å². The molecule has 10 heteroatoms. The van der Waals surface area contributed by atoms with Crippen LogP contribution in [0.2, 0.25) is 0 Å². The average Bonchev–Trinajstić information content (AvgIpc) is 2.61. The van der Waals surface area contributed by atoms with Crippen LogP contribution in [-0.4, -0.2) is 81.2 Å². The van der Waals surface area contributed by atoms with Crippen LogP contribution in [0.4, 0.5) is 0 Å². The Kier molecular flexibility index (Phi) is 5.95. The second-order valence-corrected chi connectivity index (χ2v) is 11.1. The Bertz CT molecular complexity index is 852. The molecule has 3 rings (SSSR count). The fourth-order valence-electron chi connectivity index (χ4n) is 3.48. The Hall–Kier alpha value is -1.04. The maximum atomic E-state index is 12.9. The Morgan fingerprint density at radius 3 is 1.81 bits per heavy atom. The van der Waals surface area contributed by atoms with Crippen molar-refractivity contribution in [2.75, 3.05) is 39.3 Å². The van der Waals surface area contributed by atoms with Gasteiger partial charge in [0.15, 0.2) is 0 Å². The minimum absolute atomic E-state index is 0.144. The van der Waals surface area contributed by atoms with Crippen LogP contribution < -0.4 is 0 Å². The number of benzene rings is 1.